The molecule has 0 radical (unpaired) electrons. The van der Waals surface area contributed by atoms with Gasteiger partial charge < -0.3 is 13.9 Å². The second-order valence-electron chi connectivity index (χ2n) is 6.74. The molecular weight excluding hydrogens is 358 g/mol. The number of aromatic nitrogens is 4. The molecule has 3 aromatic rings. The molecule has 1 aliphatic heterocycles. The van der Waals surface area contributed by atoms with Crippen molar-refractivity contribution in [3.05, 3.63) is 54.3 Å². The van der Waals surface area contributed by atoms with E-state index < -0.39 is 0 Å². The van der Waals surface area contributed by atoms with Gasteiger partial charge in [-0.1, -0.05) is 12.1 Å². The molecule has 0 unspecified atom stereocenters. The first-order valence-electron chi connectivity index (χ1n) is 9.34. The van der Waals surface area contributed by atoms with Gasteiger partial charge in [-0.25, -0.2) is 4.98 Å². The van der Waals surface area contributed by atoms with Crippen molar-refractivity contribution in [2.75, 3.05) is 33.4 Å². The molecule has 8 heteroatoms. The highest BCUT2D eigenvalue weighted by Gasteiger charge is 2.28. The number of likely N-dealkylation sites (tertiary alicyclic amines) is 1. The number of nitrogens with zero attached hydrogens (tertiary/aromatic N) is 5. The highest BCUT2D eigenvalue weighted by atomic mass is 16.5. The Balaban J connectivity index is 1.31. The van der Waals surface area contributed by atoms with E-state index in [2.05, 4.69) is 37.2 Å². The van der Waals surface area contributed by atoms with E-state index in [4.69, 9.17) is 13.9 Å². The number of hydrogen-bond donors (Lipinski definition) is 0. The third kappa shape index (κ3) is 4.52. The fourth-order valence-electron chi connectivity index (χ4n) is 3.28. The molecule has 1 atom stereocenters. The van der Waals surface area contributed by atoms with Gasteiger partial charge in [-0.15, -0.1) is 10.2 Å². The van der Waals surface area contributed by atoms with Crippen LogP contribution in [0.5, 0.6) is 5.75 Å². The third-order valence-electron chi connectivity index (χ3n) is 4.73. The summed E-state index contributed by atoms with van der Waals surface area (Å²) in [5.41, 5.74) is 1.86. The zero-order chi connectivity index (χ0) is 19.2. The Morgan fingerprint density at radius 2 is 2.04 bits per heavy atom. The van der Waals surface area contributed by atoms with Gasteiger partial charge in [-0.05, 0) is 30.7 Å². The SMILES string of the molecule is COCCOc1ccc(CN2CC[C@@H](c3nnc(-c4cnccn4)o3)C2)cc1. The van der Waals surface area contributed by atoms with Crippen molar-refractivity contribution >= 4 is 0 Å². The summed E-state index contributed by atoms with van der Waals surface area (Å²) in [4.78, 5) is 10.6. The lowest BCUT2D eigenvalue weighted by molar-refractivity contribution is 0.146. The fourth-order valence-corrected chi connectivity index (χ4v) is 3.28. The predicted molar refractivity (Wildman–Crippen MR) is 102 cm³/mol. The van der Waals surface area contributed by atoms with Crippen LogP contribution >= 0.6 is 0 Å². The molecule has 146 valence electrons. The molecule has 4 rings (SSSR count). The van der Waals surface area contributed by atoms with E-state index in [-0.39, 0.29) is 5.92 Å². The van der Waals surface area contributed by atoms with E-state index in [0.717, 1.165) is 31.8 Å². The molecule has 1 aliphatic rings. The van der Waals surface area contributed by atoms with Gasteiger partial charge in [0.15, 0.2) is 0 Å². The first kappa shape index (κ1) is 18.5. The molecule has 0 amide bonds. The lowest BCUT2D eigenvalue weighted by Crippen LogP contribution is -2.19. The van der Waals surface area contributed by atoms with Crippen molar-refractivity contribution in [2.24, 2.45) is 0 Å². The van der Waals surface area contributed by atoms with Crippen molar-refractivity contribution in [2.45, 2.75) is 18.9 Å². The molecule has 3 heterocycles. The molecule has 1 fully saturated rings. The maximum Gasteiger partial charge on any atom is 0.267 e. The van der Waals surface area contributed by atoms with Gasteiger partial charge in [0.2, 0.25) is 5.89 Å². The van der Waals surface area contributed by atoms with Crippen LogP contribution in [0.25, 0.3) is 11.6 Å². The maximum atomic E-state index is 5.84. The van der Waals surface area contributed by atoms with Crippen LogP contribution in [0.3, 0.4) is 0 Å². The Labute approximate surface area is 163 Å². The predicted octanol–water partition coefficient (Wildman–Crippen LogP) is 2.54. The molecule has 1 aromatic carbocycles. The number of ether oxygens (including phenoxy) is 2. The summed E-state index contributed by atoms with van der Waals surface area (Å²) in [5.74, 6) is 2.20. The van der Waals surface area contributed by atoms with Gasteiger partial charge in [0.25, 0.3) is 5.89 Å². The average molecular weight is 381 g/mol. The van der Waals surface area contributed by atoms with E-state index in [1.165, 1.54) is 5.56 Å². The average Bonchev–Trinajstić information content (AvgIpc) is 3.40. The number of hydrogen-bond acceptors (Lipinski definition) is 8. The zero-order valence-corrected chi connectivity index (χ0v) is 15.8. The summed E-state index contributed by atoms with van der Waals surface area (Å²) >= 11 is 0. The number of rotatable bonds is 8. The molecule has 2 aromatic heterocycles. The summed E-state index contributed by atoms with van der Waals surface area (Å²) in [6.45, 7) is 3.93. The molecule has 1 saturated heterocycles. The highest BCUT2D eigenvalue weighted by Crippen LogP contribution is 2.29. The fraction of sp³-hybridized carbons (Fsp3) is 0.400. The highest BCUT2D eigenvalue weighted by molar-refractivity contribution is 5.43. The molecular formula is C20H23N5O3. The minimum Gasteiger partial charge on any atom is -0.491 e. The number of methoxy groups -OCH3 is 1. The van der Waals surface area contributed by atoms with E-state index in [1.807, 2.05) is 12.1 Å². The summed E-state index contributed by atoms with van der Waals surface area (Å²) in [5, 5.41) is 8.35. The summed E-state index contributed by atoms with van der Waals surface area (Å²) in [6.07, 6.45) is 5.86. The zero-order valence-electron chi connectivity index (χ0n) is 15.8. The maximum absolute atomic E-state index is 5.84. The first-order valence-corrected chi connectivity index (χ1v) is 9.34. The number of benzene rings is 1. The molecule has 0 saturated carbocycles. The Bertz CT molecular complexity index is 869. The Morgan fingerprint density at radius 3 is 2.82 bits per heavy atom. The van der Waals surface area contributed by atoms with Crippen LogP contribution < -0.4 is 4.74 Å². The quantitative estimate of drug-likeness (QED) is 0.550. The monoisotopic (exact) mass is 381 g/mol. The van der Waals surface area contributed by atoms with Crippen LogP contribution in [-0.2, 0) is 11.3 Å². The van der Waals surface area contributed by atoms with Gasteiger partial charge in [-0.2, -0.15) is 0 Å². The van der Waals surface area contributed by atoms with Crippen LogP contribution in [0.1, 0.15) is 23.8 Å². The van der Waals surface area contributed by atoms with Crippen molar-refractivity contribution in [3.8, 4) is 17.3 Å². The Morgan fingerprint density at radius 1 is 1.14 bits per heavy atom. The topological polar surface area (TPSA) is 86.4 Å². The van der Waals surface area contributed by atoms with Gasteiger partial charge in [0, 0.05) is 32.6 Å². The molecule has 0 aliphatic carbocycles. The summed E-state index contributed by atoms with van der Waals surface area (Å²) < 4.78 is 16.4. The molecule has 0 spiro atoms. The lowest BCUT2D eigenvalue weighted by atomic mass is 10.1. The van der Waals surface area contributed by atoms with E-state index in [1.54, 1.807) is 25.7 Å². The third-order valence-corrected chi connectivity index (χ3v) is 4.73. The van der Waals surface area contributed by atoms with E-state index >= 15 is 0 Å². The minimum absolute atomic E-state index is 0.245. The van der Waals surface area contributed by atoms with Crippen LogP contribution in [0.15, 0.2) is 47.3 Å². The Hall–Kier alpha value is -2.84. The van der Waals surface area contributed by atoms with Gasteiger partial charge in [0.05, 0.1) is 18.7 Å². The van der Waals surface area contributed by atoms with Crippen molar-refractivity contribution < 1.29 is 13.9 Å². The van der Waals surface area contributed by atoms with Gasteiger partial charge in [-0.3, -0.25) is 9.88 Å². The van der Waals surface area contributed by atoms with Gasteiger partial charge >= 0.3 is 0 Å². The van der Waals surface area contributed by atoms with Crippen molar-refractivity contribution in [3.63, 3.8) is 0 Å². The van der Waals surface area contributed by atoms with Crippen LogP contribution in [-0.4, -0.2) is 58.5 Å². The minimum atomic E-state index is 0.245. The largest absolute Gasteiger partial charge is 0.491 e. The smallest absolute Gasteiger partial charge is 0.267 e. The Kier molecular flexibility index (Phi) is 5.89. The van der Waals surface area contributed by atoms with Crippen LogP contribution in [0.4, 0.5) is 0 Å². The standard InChI is InChI=1S/C20H23N5O3/c1-26-10-11-27-17-4-2-15(3-5-17)13-25-9-6-16(14-25)19-23-24-20(28-19)18-12-21-7-8-22-18/h2-5,7-8,12,16H,6,9-11,13-14H2,1H3/t16-/m1/s1. The second-order valence-corrected chi connectivity index (χ2v) is 6.74. The van der Waals surface area contributed by atoms with Crippen LogP contribution in [0, 0.1) is 0 Å². The molecule has 8 nitrogen and oxygen atoms in total. The van der Waals surface area contributed by atoms with Crippen LogP contribution in [0.2, 0.25) is 0 Å². The molecule has 0 N–H and O–H groups in total. The van der Waals surface area contributed by atoms with Crippen molar-refractivity contribution in [1.29, 1.82) is 0 Å². The summed E-state index contributed by atoms with van der Waals surface area (Å²) in [6, 6.07) is 8.22. The van der Waals surface area contributed by atoms with E-state index in [0.29, 0.717) is 30.7 Å². The molecule has 28 heavy (non-hydrogen) atoms. The second kappa shape index (κ2) is 8.90. The molecule has 0 bridgehead atoms. The van der Waals surface area contributed by atoms with E-state index in [9.17, 15) is 0 Å². The van der Waals surface area contributed by atoms with Gasteiger partial charge in [0.1, 0.15) is 18.1 Å². The lowest BCUT2D eigenvalue weighted by Gasteiger charge is -2.15. The summed E-state index contributed by atoms with van der Waals surface area (Å²) in [7, 11) is 1.67. The normalized spacial score (nSPS) is 17.1. The first-order chi connectivity index (χ1) is 13.8. The van der Waals surface area contributed by atoms with Crippen molar-refractivity contribution in [1.82, 2.24) is 25.1 Å².